The normalized spacial score (nSPS) is 12.2. The number of carbonyl (C=O) groups excluding carboxylic acids is 1. The fourth-order valence-corrected chi connectivity index (χ4v) is 1.99. The number of amides is 2. The molecule has 1 aromatic rings. The number of urea groups is 1. The van der Waals surface area contributed by atoms with E-state index in [1.54, 1.807) is 6.92 Å². The van der Waals surface area contributed by atoms with E-state index in [9.17, 15) is 9.59 Å². The van der Waals surface area contributed by atoms with E-state index >= 15 is 0 Å². The minimum atomic E-state index is -1.06. The van der Waals surface area contributed by atoms with E-state index in [-0.39, 0.29) is 17.8 Å². The highest BCUT2D eigenvalue weighted by molar-refractivity contribution is 7.09. The Morgan fingerprint density at radius 1 is 1.44 bits per heavy atom. The smallest absolute Gasteiger partial charge is 0.355 e. The number of hydrogen-bond acceptors (Lipinski definition) is 4. The van der Waals surface area contributed by atoms with Gasteiger partial charge in [-0.3, -0.25) is 0 Å². The van der Waals surface area contributed by atoms with Crippen molar-refractivity contribution in [3.8, 4) is 0 Å². The first-order valence-corrected chi connectivity index (χ1v) is 6.51. The molecule has 1 rings (SSSR count). The number of rotatable bonds is 5. The molecule has 0 aromatic carbocycles. The van der Waals surface area contributed by atoms with Crippen LogP contribution < -0.4 is 10.6 Å². The van der Waals surface area contributed by atoms with Gasteiger partial charge in [0.05, 0.1) is 6.04 Å². The summed E-state index contributed by atoms with van der Waals surface area (Å²) in [6, 6.07) is -0.585. The zero-order valence-electron chi connectivity index (χ0n) is 10.6. The topological polar surface area (TPSA) is 91.3 Å². The molecule has 0 saturated carbocycles. The van der Waals surface area contributed by atoms with Gasteiger partial charge in [0, 0.05) is 11.9 Å². The van der Waals surface area contributed by atoms with E-state index in [1.807, 2.05) is 13.8 Å². The van der Waals surface area contributed by atoms with Crippen LogP contribution in [0, 0.1) is 5.92 Å². The molecule has 0 aliphatic rings. The zero-order chi connectivity index (χ0) is 13.7. The standard InChI is InChI=1S/C11H17N3O3S/c1-6(2)4-12-11(17)13-7(3)9-14-8(5-18-9)10(15)16/h5-7H,4H2,1-3H3,(H,15,16)(H2,12,13,17). The lowest BCUT2D eigenvalue weighted by atomic mass is 10.2. The molecule has 0 bridgehead atoms. The summed E-state index contributed by atoms with van der Waals surface area (Å²) in [6.07, 6.45) is 0. The van der Waals surface area contributed by atoms with Gasteiger partial charge in [0.25, 0.3) is 0 Å². The number of thiazole rings is 1. The van der Waals surface area contributed by atoms with E-state index in [1.165, 1.54) is 16.7 Å². The Labute approximate surface area is 109 Å². The third kappa shape index (κ3) is 4.33. The molecule has 1 unspecified atom stereocenters. The molecule has 100 valence electrons. The molecular formula is C11H17N3O3S. The molecule has 0 aliphatic carbocycles. The molecule has 1 heterocycles. The first-order chi connectivity index (χ1) is 8.40. The van der Waals surface area contributed by atoms with Crippen molar-refractivity contribution in [1.29, 1.82) is 0 Å². The molecule has 18 heavy (non-hydrogen) atoms. The number of aromatic carboxylic acids is 1. The molecule has 0 radical (unpaired) electrons. The van der Waals surface area contributed by atoms with Crippen LogP contribution >= 0.6 is 11.3 Å². The summed E-state index contributed by atoms with van der Waals surface area (Å²) in [5.74, 6) is -0.682. The minimum absolute atomic E-state index is 0.00578. The quantitative estimate of drug-likeness (QED) is 0.762. The number of carboxylic acid groups (broad SMARTS) is 1. The molecule has 3 N–H and O–H groups in total. The molecule has 0 fully saturated rings. The van der Waals surface area contributed by atoms with Crippen LogP contribution in [-0.4, -0.2) is 28.6 Å². The van der Waals surface area contributed by atoms with Crippen LogP contribution in [0.15, 0.2) is 5.38 Å². The maximum Gasteiger partial charge on any atom is 0.355 e. The predicted molar refractivity (Wildman–Crippen MR) is 68.9 cm³/mol. The van der Waals surface area contributed by atoms with E-state index in [4.69, 9.17) is 5.11 Å². The van der Waals surface area contributed by atoms with E-state index < -0.39 is 5.97 Å². The van der Waals surface area contributed by atoms with Gasteiger partial charge in [0.15, 0.2) is 5.69 Å². The number of nitrogens with zero attached hydrogens (tertiary/aromatic N) is 1. The summed E-state index contributed by atoms with van der Waals surface area (Å²) >= 11 is 1.22. The van der Waals surface area contributed by atoms with Crippen LogP contribution in [0.4, 0.5) is 4.79 Å². The van der Waals surface area contributed by atoms with Crippen molar-refractivity contribution >= 4 is 23.3 Å². The van der Waals surface area contributed by atoms with Gasteiger partial charge in [-0.25, -0.2) is 14.6 Å². The van der Waals surface area contributed by atoms with Crippen LogP contribution in [0.2, 0.25) is 0 Å². The summed E-state index contributed by atoms with van der Waals surface area (Å²) in [6.45, 7) is 6.36. The Hall–Kier alpha value is -1.63. The summed E-state index contributed by atoms with van der Waals surface area (Å²) in [5, 5.41) is 16.2. The first-order valence-electron chi connectivity index (χ1n) is 5.63. The molecule has 1 aromatic heterocycles. The van der Waals surface area contributed by atoms with Gasteiger partial charge in [-0.2, -0.15) is 0 Å². The largest absolute Gasteiger partial charge is 0.476 e. The molecular weight excluding hydrogens is 254 g/mol. The summed E-state index contributed by atoms with van der Waals surface area (Å²) in [7, 11) is 0. The second-order valence-electron chi connectivity index (χ2n) is 4.35. The van der Waals surface area contributed by atoms with Crippen molar-refractivity contribution in [3.63, 3.8) is 0 Å². The maximum absolute atomic E-state index is 11.5. The lowest BCUT2D eigenvalue weighted by Gasteiger charge is -2.13. The van der Waals surface area contributed by atoms with Gasteiger partial charge in [-0.15, -0.1) is 11.3 Å². The number of nitrogens with one attached hydrogen (secondary N) is 2. The minimum Gasteiger partial charge on any atom is -0.476 e. The summed E-state index contributed by atoms with van der Waals surface area (Å²) < 4.78 is 0. The average molecular weight is 271 g/mol. The number of carboxylic acids is 1. The van der Waals surface area contributed by atoms with Gasteiger partial charge < -0.3 is 15.7 Å². The SMILES string of the molecule is CC(C)CNC(=O)NC(C)c1nc(C(=O)O)cs1. The summed E-state index contributed by atoms with van der Waals surface area (Å²) in [5.41, 5.74) is 0.00578. The Balaban J connectivity index is 2.51. The number of carbonyl (C=O) groups is 2. The average Bonchev–Trinajstić information content (AvgIpc) is 2.75. The van der Waals surface area contributed by atoms with Crippen LogP contribution in [0.25, 0.3) is 0 Å². The van der Waals surface area contributed by atoms with Gasteiger partial charge in [-0.1, -0.05) is 13.8 Å². The van der Waals surface area contributed by atoms with Crippen molar-refractivity contribution in [2.45, 2.75) is 26.8 Å². The fraction of sp³-hybridized carbons (Fsp3) is 0.545. The molecule has 7 heteroatoms. The lowest BCUT2D eigenvalue weighted by molar-refractivity contribution is 0.0691. The highest BCUT2D eigenvalue weighted by Gasteiger charge is 2.15. The van der Waals surface area contributed by atoms with E-state index in [2.05, 4.69) is 15.6 Å². The van der Waals surface area contributed by atoms with Crippen LogP contribution in [0.1, 0.15) is 42.3 Å². The Morgan fingerprint density at radius 3 is 2.61 bits per heavy atom. The zero-order valence-corrected chi connectivity index (χ0v) is 11.4. The van der Waals surface area contributed by atoms with Crippen LogP contribution in [-0.2, 0) is 0 Å². The van der Waals surface area contributed by atoms with Gasteiger partial charge >= 0.3 is 12.0 Å². The molecule has 0 spiro atoms. The first kappa shape index (κ1) is 14.4. The third-order valence-corrected chi connectivity index (χ3v) is 3.16. The Kier molecular flexibility index (Phi) is 5.08. The van der Waals surface area contributed by atoms with Crippen molar-refractivity contribution < 1.29 is 14.7 Å². The third-order valence-electron chi connectivity index (χ3n) is 2.13. The number of hydrogen-bond donors (Lipinski definition) is 3. The fourth-order valence-electron chi connectivity index (χ4n) is 1.19. The Morgan fingerprint density at radius 2 is 2.11 bits per heavy atom. The van der Waals surface area contributed by atoms with Crippen molar-refractivity contribution in [3.05, 3.63) is 16.1 Å². The van der Waals surface area contributed by atoms with Crippen molar-refractivity contribution in [2.75, 3.05) is 6.54 Å². The monoisotopic (exact) mass is 271 g/mol. The highest BCUT2D eigenvalue weighted by atomic mass is 32.1. The number of aromatic nitrogens is 1. The van der Waals surface area contributed by atoms with Gasteiger partial charge in [0.2, 0.25) is 0 Å². The van der Waals surface area contributed by atoms with Crippen LogP contribution in [0.5, 0.6) is 0 Å². The molecule has 2 amide bonds. The van der Waals surface area contributed by atoms with Crippen molar-refractivity contribution in [2.24, 2.45) is 5.92 Å². The second-order valence-corrected chi connectivity index (χ2v) is 5.24. The maximum atomic E-state index is 11.5. The highest BCUT2D eigenvalue weighted by Crippen LogP contribution is 2.17. The van der Waals surface area contributed by atoms with Crippen molar-refractivity contribution in [1.82, 2.24) is 15.6 Å². The molecule has 0 saturated heterocycles. The molecule has 0 aliphatic heterocycles. The van der Waals surface area contributed by atoms with Gasteiger partial charge in [0.1, 0.15) is 5.01 Å². The predicted octanol–water partition coefficient (Wildman–Crippen LogP) is 1.86. The molecule has 6 nitrogen and oxygen atoms in total. The van der Waals surface area contributed by atoms with Gasteiger partial charge in [-0.05, 0) is 12.8 Å². The Bertz CT molecular complexity index is 431. The summed E-state index contributed by atoms with van der Waals surface area (Å²) in [4.78, 5) is 26.1. The lowest BCUT2D eigenvalue weighted by Crippen LogP contribution is -2.38. The van der Waals surface area contributed by atoms with E-state index in [0.717, 1.165) is 0 Å². The second kappa shape index (κ2) is 6.34. The molecule has 1 atom stereocenters. The van der Waals surface area contributed by atoms with E-state index in [0.29, 0.717) is 17.5 Å². The van der Waals surface area contributed by atoms with Crippen LogP contribution in [0.3, 0.4) is 0 Å².